The third-order valence-electron chi connectivity index (χ3n) is 3.95. The average Bonchev–Trinajstić information content (AvgIpc) is 2.84. The van der Waals surface area contributed by atoms with Gasteiger partial charge in [0.05, 0.1) is 12.2 Å². The molecule has 0 aromatic carbocycles. The van der Waals surface area contributed by atoms with Crippen molar-refractivity contribution < 1.29 is 24.4 Å². The van der Waals surface area contributed by atoms with E-state index in [2.05, 4.69) is 0 Å². The van der Waals surface area contributed by atoms with Crippen molar-refractivity contribution in [3.63, 3.8) is 0 Å². The molecule has 106 valence electrons. The van der Waals surface area contributed by atoms with E-state index in [4.69, 9.17) is 14.2 Å². The van der Waals surface area contributed by atoms with Crippen molar-refractivity contribution in [3.05, 3.63) is 0 Å². The summed E-state index contributed by atoms with van der Waals surface area (Å²) in [6, 6.07) is 0. The molecule has 3 unspecified atom stereocenters. The van der Waals surface area contributed by atoms with Crippen LogP contribution in [0, 0.1) is 0 Å². The van der Waals surface area contributed by atoms with E-state index in [0.717, 1.165) is 12.8 Å². The van der Waals surface area contributed by atoms with Crippen molar-refractivity contribution in [1.29, 1.82) is 0 Å². The van der Waals surface area contributed by atoms with Crippen molar-refractivity contribution in [2.24, 2.45) is 0 Å². The summed E-state index contributed by atoms with van der Waals surface area (Å²) in [5, 5.41) is 20.1. The minimum Gasteiger partial charge on any atom is -0.394 e. The van der Waals surface area contributed by atoms with Gasteiger partial charge < -0.3 is 24.4 Å². The molecule has 0 aromatic rings. The van der Waals surface area contributed by atoms with Crippen LogP contribution in [0.5, 0.6) is 0 Å². The molecule has 1 aliphatic carbocycles. The third kappa shape index (κ3) is 2.56. The number of ether oxygens (including phenoxy) is 3. The van der Waals surface area contributed by atoms with Crippen LogP contribution in [0.2, 0.25) is 0 Å². The van der Waals surface area contributed by atoms with Gasteiger partial charge in [-0.15, -0.1) is 0 Å². The summed E-state index contributed by atoms with van der Waals surface area (Å²) in [4.78, 5) is 0. The van der Waals surface area contributed by atoms with Gasteiger partial charge in [-0.1, -0.05) is 12.8 Å². The number of hydrogen-bond donors (Lipinski definition) is 2. The maximum atomic E-state index is 10.7. The third-order valence-corrected chi connectivity index (χ3v) is 3.95. The van der Waals surface area contributed by atoms with E-state index in [1.54, 1.807) is 21.0 Å². The van der Waals surface area contributed by atoms with Gasteiger partial charge >= 0.3 is 0 Å². The minimum absolute atomic E-state index is 0.135. The molecule has 3 atom stereocenters. The summed E-state index contributed by atoms with van der Waals surface area (Å²) < 4.78 is 16.9. The van der Waals surface area contributed by atoms with Crippen molar-refractivity contribution in [3.8, 4) is 0 Å². The molecule has 2 N–H and O–H groups in total. The Morgan fingerprint density at radius 3 is 2.39 bits per heavy atom. The zero-order valence-corrected chi connectivity index (χ0v) is 11.4. The van der Waals surface area contributed by atoms with Crippen LogP contribution in [-0.2, 0) is 14.2 Å². The van der Waals surface area contributed by atoms with Gasteiger partial charge in [-0.05, 0) is 26.7 Å². The molecule has 2 rings (SSSR count). The normalized spacial score (nSPS) is 35.8. The Hall–Kier alpha value is -0.200. The van der Waals surface area contributed by atoms with Crippen LogP contribution in [0.25, 0.3) is 0 Å². The van der Waals surface area contributed by atoms with E-state index >= 15 is 0 Å². The van der Waals surface area contributed by atoms with Crippen LogP contribution in [0.1, 0.15) is 39.5 Å². The lowest BCUT2D eigenvalue weighted by atomic mass is 9.88. The Bertz CT molecular complexity index is 285. The standard InChI is InChI=1S/C13H24O5/c1-12(2)17-9(8-14)10(18-12)11(16-3)13(15)6-4-5-7-13/h9-11,14-15H,4-8H2,1-3H3. The van der Waals surface area contributed by atoms with E-state index in [1.165, 1.54) is 0 Å². The van der Waals surface area contributed by atoms with E-state index < -0.39 is 29.7 Å². The first-order valence-electron chi connectivity index (χ1n) is 6.63. The van der Waals surface area contributed by atoms with Gasteiger partial charge in [0.1, 0.15) is 18.3 Å². The van der Waals surface area contributed by atoms with Crippen molar-refractivity contribution in [1.82, 2.24) is 0 Å². The summed E-state index contributed by atoms with van der Waals surface area (Å²) in [7, 11) is 1.57. The quantitative estimate of drug-likeness (QED) is 0.783. The molecule has 5 nitrogen and oxygen atoms in total. The second-order valence-electron chi connectivity index (χ2n) is 5.79. The zero-order chi connectivity index (χ0) is 13.4. The van der Waals surface area contributed by atoms with Crippen LogP contribution >= 0.6 is 0 Å². The van der Waals surface area contributed by atoms with E-state index in [9.17, 15) is 10.2 Å². The topological polar surface area (TPSA) is 68.2 Å². The number of hydrogen-bond acceptors (Lipinski definition) is 5. The molecule has 2 fully saturated rings. The summed E-state index contributed by atoms with van der Waals surface area (Å²) >= 11 is 0. The van der Waals surface area contributed by atoms with Crippen LogP contribution < -0.4 is 0 Å². The Morgan fingerprint density at radius 1 is 1.28 bits per heavy atom. The van der Waals surface area contributed by atoms with Crippen LogP contribution in [0.3, 0.4) is 0 Å². The lowest BCUT2D eigenvalue weighted by molar-refractivity contribution is -0.183. The number of aliphatic hydroxyl groups is 2. The molecule has 1 saturated carbocycles. The fraction of sp³-hybridized carbons (Fsp3) is 1.00. The van der Waals surface area contributed by atoms with Gasteiger partial charge in [-0.2, -0.15) is 0 Å². The first-order valence-corrected chi connectivity index (χ1v) is 6.63. The Balaban J connectivity index is 2.16. The number of rotatable bonds is 4. The molecular weight excluding hydrogens is 236 g/mol. The lowest BCUT2D eigenvalue weighted by Gasteiger charge is -2.36. The van der Waals surface area contributed by atoms with Gasteiger partial charge in [0, 0.05) is 7.11 Å². The number of aliphatic hydroxyl groups excluding tert-OH is 1. The molecule has 18 heavy (non-hydrogen) atoms. The zero-order valence-electron chi connectivity index (χ0n) is 11.4. The van der Waals surface area contributed by atoms with Crippen LogP contribution in [0.15, 0.2) is 0 Å². The second kappa shape index (κ2) is 5.06. The highest BCUT2D eigenvalue weighted by molar-refractivity contribution is 5.00. The smallest absolute Gasteiger partial charge is 0.164 e. The van der Waals surface area contributed by atoms with Gasteiger partial charge in [0.2, 0.25) is 0 Å². The Kier molecular flexibility index (Phi) is 3.99. The summed E-state index contributed by atoms with van der Waals surface area (Å²) in [6.07, 6.45) is 2.08. The first-order chi connectivity index (χ1) is 8.42. The van der Waals surface area contributed by atoms with Gasteiger partial charge in [0.15, 0.2) is 5.79 Å². The van der Waals surface area contributed by atoms with Gasteiger partial charge in [-0.25, -0.2) is 0 Å². The Labute approximate surface area is 108 Å². The molecule has 0 amide bonds. The SMILES string of the molecule is COC(C1OC(C)(C)OC1CO)C1(O)CCCC1. The fourth-order valence-electron chi connectivity index (χ4n) is 3.19. The fourth-order valence-corrected chi connectivity index (χ4v) is 3.19. The van der Waals surface area contributed by atoms with Crippen molar-refractivity contribution in [2.45, 2.75) is 69.2 Å². The largest absolute Gasteiger partial charge is 0.394 e. The summed E-state index contributed by atoms with van der Waals surface area (Å²) in [5.41, 5.74) is -0.864. The molecule has 1 heterocycles. The molecule has 0 bridgehead atoms. The van der Waals surface area contributed by atoms with Crippen LogP contribution in [0.4, 0.5) is 0 Å². The predicted octanol–water partition coefficient (Wildman–Crippen LogP) is 0.819. The maximum Gasteiger partial charge on any atom is 0.164 e. The minimum atomic E-state index is -0.864. The van der Waals surface area contributed by atoms with E-state index in [0.29, 0.717) is 12.8 Å². The van der Waals surface area contributed by atoms with Crippen molar-refractivity contribution in [2.75, 3.05) is 13.7 Å². The maximum absolute atomic E-state index is 10.7. The van der Waals surface area contributed by atoms with Crippen molar-refractivity contribution >= 4 is 0 Å². The predicted molar refractivity (Wildman–Crippen MR) is 65.1 cm³/mol. The average molecular weight is 260 g/mol. The molecule has 1 saturated heterocycles. The molecule has 0 spiro atoms. The number of methoxy groups -OCH3 is 1. The first kappa shape index (κ1) is 14.2. The summed E-state index contributed by atoms with van der Waals surface area (Å²) in [5.74, 6) is -0.746. The molecular formula is C13H24O5. The molecule has 0 aromatic heterocycles. The molecule has 0 radical (unpaired) electrons. The lowest BCUT2D eigenvalue weighted by Crippen LogP contribution is -2.52. The highest BCUT2D eigenvalue weighted by Crippen LogP contribution is 2.40. The molecule has 1 aliphatic heterocycles. The van der Waals surface area contributed by atoms with E-state index in [1.807, 2.05) is 0 Å². The van der Waals surface area contributed by atoms with Crippen LogP contribution in [-0.4, -0.2) is 53.6 Å². The highest BCUT2D eigenvalue weighted by Gasteiger charge is 2.52. The second-order valence-corrected chi connectivity index (χ2v) is 5.79. The van der Waals surface area contributed by atoms with Gasteiger partial charge in [0.25, 0.3) is 0 Å². The van der Waals surface area contributed by atoms with Gasteiger partial charge in [-0.3, -0.25) is 0 Å². The monoisotopic (exact) mass is 260 g/mol. The Morgan fingerprint density at radius 2 is 1.89 bits per heavy atom. The van der Waals surface area contributed by atoms with E-state index in [-0.39, 0.29) is 6.61 Å². The highest BCUT2D eigenvalue weighted by atomic mass is 16.8. The molecule has 2 aliphatic rings. The summed E-state index contributed by atoms with van der Waals surface area (Å²) in [6.45, 7) is 3.48. The molecule has 5 heteroatoms.